The summed E-state index contributed by atoms with van der Waals surface area (Å²) in [7, 11) is 1.03. The number of alkyl halides is 6. The van der Waals surface area contributed by atoms with Crippen molar-refractivity contribution >= 4 is 17.6 Å². The maximum atomic E-state index is 13.8. The van der Waals surface area contributed by atoms with Gasteiger partial charge in [-0.2, -0.15) is 26.3 Å². The number of hydrogen-bond acceptors (Lipinski definition) is 3. The topological polar surface area (TPSA) is 55.4 Å². The van der Waals surface area contributed by atoms with Crippen molar-refractivity contribution in [3.05, 3.63) is 64.5 Å². The van der Waals surface area contributed by atoms with Crippen molar-refractivity contribution in [2.75, 3.05) is 12.4 Å². The number of rotatable bonds is 3. The minimum absolute atomic E-state index is 0.144. The second-order valence-corrected chi connectivity index (χ2v) is 5.43. The predicted molar refractivity (Wildman–Crippen MR) is 82.1 cm³/mol. The van der Waals surface area contributed by atoms with Crippen LogP contribution in [0.25, 0.3) is 0 Å². The first-order valence-electron chi connectivity index (χ1n) is 7.31. The first-order chi connectivity index (χ1) is 12.8. The van der Waals surface area contributed by atoms with Gasteiger partial charge in [0.2, 0.25) is 0 Å². The van der Waals surface area contributed by atoms with E-state index in [0.29, 0.717) is 0 Å². The number of esters is 1. The minimum Gasteiger partial charge on any atom is -0.465 e. The van der Waals surface area contributed by atoms with Crippen LogP contribution in [0, 0.1) is 5.82 Å². The smallest absolute Gasteiger partial charge is 0.416 e. The van der Waals surface area contributed by atoms with E-state index >= 15 is 0 Å². The van der Waals surface area contributed by atoms with Crippen LogP contribution in [-0.2, 0) is 17.1 Å². The van der Waals surface area contributed by atoms with Crippen LogP contribution >= 0.6 is 0 Å². The largest absolute Gasteiger partial charge is 0.465 e. The van der Waals surface area contributed by atoms with Crippen LogP contribution in [0.4, 0.5) is 36.4 Å². The Morgan fingerprint density at radius 2 is 1.39 bits per heavy atom. The van der Waals surface area contributed by atoms with Crippen molar-refractivity contribution in [1.29, 1.82) is 0 Å². The number of carbonyl (C=O) groups excluding carboxylic acids is 2. The average molecular weight is 409 g/mol. The number of methoxy groups -OCH3 is 1. The standard InChI is InChI=1S/C17H10F7NO3/c1-28-15(27)8-2-3-12(18)13(6-8)25-14(26)9-4-10(16(19,20)21)7-11(5-9)17(22,23)24/h2-7H,1H3,(H,25,26). The molecule has 2 aromatic carbocycles. The third-order valence-electron chi connectivity index (χ3n) is 3.49. The first-order valence-corrected chi connectivity index (χ1v) is 7.31. The number of ether oxygens (including phenoxy) is 1. The van der Waals surface area contributed by atoms with Gasteiger partial charge in [0.25, 0.3) is 5.91 Å². The van der Waals surface area contributed by atoms with E-state index in [2.05, 4.69) is 4.74 Å². The van der Waals surface area contributed by atoms with Crippen molar-refractivity contribution in [2.24, 2.45) is 0 Å². The van der Waals surface area contributed by atoms with Gasteiger partial charge >= 0.3 is 18.3 Å². The van der Waals surface area contributed by atoms with E-state index < -0.39 is 52.4 Å². The summed E-state index contributed by atoms with van der Waals surface area (Å²) in [6, 6.07) is 2.88. The van der Waals surface area contributed by atoms with Gasteiger partial charge in [-0.15, -0.1) is 0 Å². The lowest BCUT2D eigenvalue weighted by Gasteiger charge is -2.14. The summed E-state index contributed by atoms with van der Waals surface area (Å²) in [5, 5.41) is 1.85. The van der Waals surface area contributed by atoms with E-state index in [0.717, 1.165) is 25.3 Å². The van der Waals surface area contributed by atoms with Gasteiger partial charge in [-0.3, -0.25) is 4.79 Å². The molecule has 0 radical (unpaired) electrons. The van der Waals surface area contributed by atoms with Gasteiger partial charge in [0.15, 0.2) is 0 Å². The molecule has 11 heteroatoms. The Labute approximate surface area is 152 Å². The van der Waals surface area contributed by atoms with Gasteiger partial charge in [-0.1, -0.05) is 0 Å². The highest BCUT2D eigenvalue weighted by Crippen LogP contribution is 2.36. The van der Waals surface area contributed by atoms with E-state index in [-0.39, 0.29) is 23.8 Å². The molecular formula is C17H10F7NO3. The number of benzene rings is 2. The highest BCUT2D eigenvalue weighted by atomic mass is 19.4. The lowest BCUT2D eigenvalue weighted by atomic mass is 10.0. The molecule has 0 fully saturated rings. The second kappa shape index (κ2) is 7.49. The number of nitrogens with one attached hydrogen (secondary N) is 1. The van der Waals surface area contributed by atoms with Crippen molar-refractivity contribution in [1.82, 2.24) is 0 Å². The fourth-order valence-corrected chi connectivity index (χ4v) is 2.15. The molecule has 0 aliphatic rings. The maximum Gasteiger partial charge on any atom is 0.416 e. The predicted octanol–water partition coefficient (Wildman–Crippen LogP) is 4.90. The van der Waals surface area contributed by atoms with E-state index in [1.54, 1.807) is 0 Å². The van der Waals surface area contributed by atoms with E-state index in [9.17, 15) is 40.3 Å². The van der Waals surface area contributed by atoms with Gasteiger partial charge in [0.1, 0.15) is 5.82 Å². The quantitative estimate of drug-likeness (QED) is 0.580. The molecule has 4 nitrogen and oxygen atoms in total. The van der Waals surface area contributed by atoms with Crippen LogP contribution in [0.1, 0.15) is 31.8 Å². The summed E-state index contributed by atoms with van der Waals surface area (Å²) in [4.78, 5) is 23.6. The molecule has 0 aliphatic heterocycles. The number of hydrogen-bond donors (Lipinski definition) is 1. The minimum atomic E-state index is -5.15. The summed E-state index contributed by atoms with van der Waals surface area (Å²) < 4.78 is 95.4. The molecule has 2 aromatic rings. The summed E-state index contributed by atoms with van der Waals surface area (Å²) >= 11 is 0. The SMILES string of the molecule is COC(=O)c1ccc(F)c(NC(=O)c2cc(C(F)(F)F)cc(C(F)(F)F)c2)c1. The van der Waals surface area contributed by atoms with Crippen LogP contribution in [0.5, 0.6) is 0 Å². The average Bonchev–Trinajstić information content (AvgIpc) is 2.61. The van der Waals surface area contributed by atoms with Crippen LogP contribution in [0.3, 0.4) is 0 Å². The monoisotopic (exact) mass is 409 g/mol. The maximum absolute atomic E-state index is 13.8. The normalized spacial score (nSPS) is 11.9. The van der Waals surface area contributed by atoms with Crippen LogP contribution in [0.15, 0.2) is 36.4 Å². The zero-order valence-corrected chi connectivity index (χ0v) is 13.8. The van der Waals surface area contributed by atoms with Crippen molar-refractivity contribution in [2.45, 2.75) is 12.4 Å². The Hall–Kier alpha value is -3.11. The molecular weight excluding hydrogens is 399 g/mol. The third-order valence-corrected chi connectivity index (χ3v) is 3.49. The molecule has 0 heterocycles. The molecule has 0 saturated carbocycles. The van der Waals surface area contributed by atoms with Gasteiger partial charge in [0, 0.05) is 5.56 Å². The molecule has 0 atom stereocenters. The Bertz CT molecular complexity index is 888. The van der Waals surface area contributed by atoms with Crippen molar-refractivity contribution < 1.29 is 45.1 Å². The highest BCUT2D eigenvalue weighted by molar-refractivity contribution is 6.05. The second-order valence-electron chi connectivity index (χ2n) is 5.43. The van der Waals surface area contributed by atoms with Gasteiger partial charge < -0.3 is 10.1 Å². The summed E-state index contributed by atoms with van der Waals surface area (Å²) in [5.41, 5.74) is -5.21. The van der Waals surface area contributed by atoms with Crippen molar-refractivity contribution in [3.63, 3.8) is 0 Å². The molecule has 1 amide bonds. The number of anilines is 1. The Morgan fingerprint density at radius 3 is 1.86 bits per heavy atom. The lowest BCUT2D eigenvalue weighted by molar-refractivity contribution is -0.143. The van der Waals surface area contributed by atoms with Gasteiger partial charge in [0.05, 0.1) is 29.5 Å². The number of halogens is 7. The summed E-state index contributed by atoms with van der Waals surface area (Å²) in [5.74, 6) is -3.39. The zero-order valence-electron chi connectivity index (χ0n) is 13.8. The zero-order chi connectivity index (χ0) is 21.3. The molecule has 0 saturated heterocycles. The fourth-order valence-electron chi connectivity index (χ4n) is 2.15. The summed E-state index contributed by atoms with van der Waals surface area (Å²) in [6.07, 6.45) is -10.3. The first kappa shape index (κ1) is 21.2. The molecule has 1 N–H and O–H groups in total. The Balaban J connectivity index is 2.46. The van der Waals surface area contributed by atoms with Crippen LogP contribution < -0.4 is 5.32 Å². The third kappa shape index (κ3) is 4.78. The molecule has 0 bridgehead atoms. The van der Waals surface area contributed by atoms with Gasteiger partial charge in [-0.25, -0.2) is 9.18 Å². The van der Waals surface area contributed by atoms with E-state index in [1.165, 1.54) is 0 Å². The molecule has 0 spiro atoms. The van der Waals surface area contributed by atoms with Crippen molar-refractivity contribution in [3.8, 4) is 0 Å². The summed E-state index contributed by atoms with van der Waals surface area (Å²) in [6.45, 7) is 0. The number of carbonyl (C=O) groups is 2. The lowest BCUT2D eigenvalue weighted by Crippen LogP contribution is -2.18. The molecule has 0 aliphatic carbocycles. The molecule has 28 heavy (non-hydrogen) atoms. The van der Waals surface area contributed by atoms with E-state index in [1.807, 2.05) is 5.32 Å². The fraction of sp³-hybridized carbons (Fsp3) is 0.176. The molecule has 0 unspecified atom stereocenters. The Morgan fingerprint density at radius 1 is 0.857 bits per heavy atom. The molecule has 2 rings (SSSR count). The van der Waals surface area contributed by atoms with Crippen LogP contribution in [-0.4, -0.2) is 19.0 Å². The number of amides is 1. The van der Waals surface area contributed by atoms with Gasteiger partial charge in [-0.05, 0) is 36.4 Å². The molecule has 150 valence electrons. The Kier molecular flexibility index (Phi) is 5.67. The molecule has 0 aromatic heterocycles. The highest BCUT2D eigenvalue weighted by Gasteiger charge is 2.37. The van der Waals surface area contributed by atoms with E-state index in [4.69, 9.17) is 0 Å². The van der Waals surface area contributed by atoms with Crippen LogP contribution in [0.2, 0.25) is 0 Å².